The molecule has 0 aliphatic carbocycles. The zero-order chi connectivity index (χ0) is 13.5. The number of nitrogens with one attached hydrogen (secondary N) is 1. The Morgan fingerprint density at radius 1 is 1.44 bits per heavy atom. The van der Waals surface area contributed by atoms with Gasteiger partial charge in [-0.25, -0.2) is 0 Å². The van der Waals surface area contributed by atoms with Crippen LogP contribution in [0.1, 0.15) is 25.7 Å². The first-order valence-electron chi connectivity index (χ1n) is 6.35. The molecule has 3 N–H and O–H groups in total. The van der Waals surface area contributed by atoms with E-state index in [0.717, 1.165) is 19.5 Å². The van der Waals surface area contributed by atoms with E-state index in [9.17, 15) is 9.59 Å². The van der Waals surface area contributed by atoms with Crippen molar-refractivity contribution in [1.82, 2.24) is 10.2 Å². The number of aliphatic carboxylic acids is 2. The summed E-state index contributed by atoms with van der Waals surface area (Å²) in [5.41, 5.74) is 0. The summed E-state index contributed by atoms with van der Waals surface area (Å²) in [6.45, 7) is 2.72. The van der Waals surface area contributed by atoms with Crippen LogP contribution in [0.2, 0.25) is 0 Å². The Bertz CT molecular complexity index is 296. The van der Waals surface area contributed by atoms with E-state index in [4.69, 9.17) is 10.2 Å². The fraction of sp³-hybridized carbons (Fsp3) is 0.833. The summed E-state index contributed by atoms with van der Waals surface area (Å²) in [5, 5.41) is 20.3. The number of piperidine rings is 1. The van der Waals surface area contributed by atoms with Gasteiger partial charge in [0, 0.05) is 6.54 Å². The molecule has 0 bridgehead atoms. The van der Waals surface area contributed by atoms with E-state index in [0.29, 0.717) is 12.5 Å². The van der Waals surface area contributed by atoms with Crippen LogP contribution in [0.25, 0.3) is 0 Å². The van der Waals surface area contributed by atoms with Gasteiger partial charge in [0.05, 0.1) is 6.42 Å². The van der Waals surface area contributed by atoms with Gasteiger partial charge in [-0.3, -0.25) is 9.59 Å². The molecule has 6 nitrogen and oxygen atoms in total. The highest BCUT2D eigenvalue weighted by Gasteiger charge is 2.21. The number of likely N-dealkylation sites (tertiary alicyclic amines) is 1. The molecule has 6 heteroatoms. The molecule has 0 aromatic carbocycles. The lowest BCUT2D eigenvalue weighted by Crippen LogP contribution is -2.40. The highest BCUT2D eigenvalue weighted by molar-refractivity contribution is 5.80. The summed E-state index contributed by atoms with van der Waals surface area (Å²) in [6.07, 6.45) is 2.87. The Morgan fingerprint density at radius 2 is 2.17 bits per heavy atom. The fourth-order valence-corrected chi connectivity index (χ4v) is 2.39. The molecule has 1 aliphatic heterocycles. The number of hydrogen-bond donors (Lipinski definition) is 3. The van der Waals surface area contributed by atoms with Gasteiger partial charge in [-0.15, -0.1) is 0 Å². The standard InChI is InChI=1S/C12H22N2O4/c1-14-6-2-3-9(8-14)4-5-13-10(12(17)18)7-11(15)16/h9-10,13H,2-8H2,1H3,(H,15,16)(H,17,18). The van der Waals surface area contributed by atoms with Crippen LogP contribution in [0, 0.1) is 5.92 Å². The number of nitrogens with zero attached hydrogens (tertiary/aromatic N) is 1. The average Bonchev–Trinajstić information content (AvgIpc) is 2.27. The number of hydrogen-bond acceptors (Lipinski definition) is 4. The molecule has 18 heavy (non-hydrogen) atoms. The Balaban J connectivity index is 2.25. The van der Waals surface area contributed by atoms with Crippen molar-refractivity contribution in [3.8, 4) is 0 Å². The van der Waals surface area contributed by atoms with Gasteiger partial charge in [-0.1, -0.05) is 0 Å². The van der Waals surface area contributed by atoms with Crippen molar-refractivity contribution in [1.29, 1.82) is 0 Å². The maximum Gasteiger partial charge on any atom is 0.321 e. The Morgan fingerprint density at radius 3 is 2.72 bits per heavy atom. The topological polar surface area (TPSA) is 89.9 Å². The van der Waals surface area contributed by atoms with Crippen molar-refractivity contribution >= 4 is 11.9 Å². The van der Waals surface area contributed by atoms with Crippen molar-refractivity contribution in [2.75, 3.05) is 26.7 Å². The molecular formula is C12H22N2O4. The Hall–Kier alpha value is -1.14. The lowest BCUT2D eigenvalue weighted by atomic mass is 9.95. The molecule has 0 aromatic rings. The van der Waals surface area contributed by atoms with E-state index >= 15 is 0 Å². The van der Waals surface area contributed by atoms with Gasteiger partial charge in [0.15, 0.2) is 0 Å². The van der Waals surface area contributed by atoms with Crippen molar-refractivity contribution < 1.29 is 19.8 Å². The third kappa shape index (κ3) is 5.46. The molecule has 0 spiro atoms. The summed E-state index contributed by atoms with van der Waals surface area (Å²) in [5.74, 6) is -1.61. The summed E-state index contributed by atoms with van der Waals surface area (Å²) in [4.78, 5) is 23.6. The number of carboxylic acid groups (broad SMARTS) is 2. The normalized spacial score (nSPS) is 22.6. The van der Waals surface area contributed by atoms with Crippen LogP contribution >= 0.6 is 0 Å². The highest BCUT2D eigenvalue weighted by Crippen LogP contribution is 2.17. The van der Waals surface area contributed by atoms with Gasteiger partial charge in [-0.05, 0) is 45.3 Å². The quantitative estimate of drug-likeness (QED) is 0.606. The van der Waals surface area contributed by atoms with Gasteiger partial charge in [0.1, 0.15) is 6.04 Å². The van der Waals surface area contributed by atoms with Gasteiger partial charge in [0.25, 0.3) is 0 Å². The van der Waals surface area contributed by atoms with Gasteiger partial charge in [0.2, 0.25) is 0 Å². The summed E-state index contributed by atoms with van der Waals surface area (Å²) in [7, 11) is 2.09. The van der Waals surface area contributed by atoms with Gasteiger partial charge in [-0.2, -0.15) is 0 Å². The smallest absolute Gasteiger partial charge is 0.321 e. The first-order chi connectivity index (χ1) is 8.49. The maximum atomic E-state index is 10.8. The summed E-state index contributed by atoms with van der Waals surface area (Å²) < 4.78 is 0. The van der Waals surface area contributed by atoms with Gasteiger partial charge < -0.3 is 20.4 Å². The second-order valence-corrected chi connectivity index (χ2v) is 5.00. The van der Waals surface area contributed by atoms with E-state index in [2.05, 4.69) is 17.3 Å². The molecule has 1 saturated heterocycles. The molecule has 0 amide bonds. The predicted octanol–water partition coefficient (Wildman–Crippen LogP) is 0.236. The van der Waals surface area contributed by atoms with Crippen LogP contribution in [0.15, 0.2) is 0 Å². The second-order valence-electron chi connectivity index (χ2n) is 5.00. The number of carboxylic acids is 2. The number of rotatable bonds is 7. The molecule has 1 aliphatic rings. The minimum Gasteiger partial charge on any atom is -0.481 e. The monoisotopic (exact) mass is 258 g/mol. The SMILES string of the molecule is CN1CCCC(CCNC(CC(=O)O)C(=O)O)C1. The molecule has 2 atom stereocenters. The summed E-state index contributed by atoms with van der Waals surface area (Å²) in [6, 6.07) is -0.983. The van der Waals surface area contributed by atoms with Crippen LogP contribution in [0.3, 0.4) is 0 Å². The van der Waals surface area contributed by atoms with E-state index in [1.54, 1.807) is 0 Å². The molecule has 1 fully saturated rings. The zero-order valence-corrected chi connectivity index (χ0v) is 10.8. The van der Waals surface area contributed by atoms with E-state index in [1.165, 1.54) is 12.8 Å². The molecule has 104 valence electrons. The Labute approximate surface area is 107 Å². The average molecular weight is 258 g/mol. The van der Waals surface area contributed by atoms with Crippen molar-refractivity contribution in [2.45, 2.75) is 31.7 Å². The third-order valence-electron chi connectivity index (χ3n) is 3.34. The molecule has 1 heterocycles. The largest absolute Gasteiger partial charge is 0.481 e. The molecule has 0 aromatic heterocycles. The number of carbonyl (C=O) groups is 2. The lowest BCUT2D eigenvalue weighted by molar-refractivity contribution is -0.145. The zero-order valence-electron chi connectivity index (χ0n) is 10.8. The van der Waals surface area contributed by atoms with Crippen LogP contribution in [0.5, 0.6) is 0 Å². The second kappa shape index (κ2) is 7.33. The maximum absolute atomic E-state index is 10.8. The van der Waals surface area contributed by atoms with Crippen molar-refractivity contribution in [3.05, 3.63) is 0 Å². The highest BCUT2D eigenvalue weighted by atomic mass is 16.4. The van der Waals surface area contributed by atoms with E-state index < -0.39 is 18.0 Å². The third-order valence-corrected chi connectivity index (χ3v) is 3.34. The minimum atomic E-state index is -1.10. The molecule has 0 saturated carbocycles. The van der Waals surface area contributed by atoms with Crippen LogP contribution in [-0.4, -0.2) is 59.8 Å². The van der Waals surface area contributed by atoms with E-state index in [-0.39, 0.29) is 6.42 Å². The summed E-state index contributed by atoms with van der Waals surface area (Å²) >= 11 is 0. The lowest BCUT2D eigenvalue weighted by Gasteiger charge is -2.29. The van der Waals surface area contributed by atoms with Crippen molar-refractivity contribution in [3.63, 3.8) is 0 Å². The van der Waals surface area contributed by atoms with Gasteiger partial charge >= 0.3 is 11.9 Å². The molecule has 0 radical (unpaired) electrons. The first-order valence-corrected chi connectivity index (χ1v) is 6.35. The minimum absolute atomic E-state index is 0.375. The van der Waals surface area contributed by atoms with Crippen LogP contribution in [0.4, 0.5) is 0 Å². The van der Waals surface area contributed by atoms with E-state index in [1.807, 2.05) is 0 Å². The Kier molecular flexibility index (Phi) is 6.07. The van der Waals surface area contributed by atoms with Crippen molar-refractivity contribution in [2.24, 2.45) is 5.92 Å². The predicted molar refractivity (Wildman–Crippen MR) is 66.5 cm³/mol. The van der Waals surface area contributed by atoms with Crippen LogP contribution in [-0.2, 0) is 9.59 Å². The van der Waals surface area contributed by atoms with Crippen LogP contribution < -0.4 is 5.32 Å². The molecular weight excluding hydrogens is 236 g/mol. The molecule has 2 unspecified atom stereocenters. The fourth-order valence-electron chi connectivity index (χ4n) is 2.39. The first kappa shape index (κ1) is 14.9. The molecule has 1 rings (SSSR count).